The molecule has 2 aromatic rings. The molecule has 3 N–H and O–H groups in total. The van der Waals surface area contributed by atoms with E-state index in [1.54, 1.807) is 13.2 Å². The van der Waals surface area contributed by atoms with E-state index in [4.69, 9.17) is 9.47 Å². The molecule has 4 atom stereocenters. The van der Waals surface area contributed by atoms with Gasteiger partial charge in [0.05, 0.1) is 25.3 Å². The van der Waals surface area contributed by atoms with Gasteiger partial charge in [-0.3, -0.25) is 4.79 Å². The third-order valence-electron chi connectivity index (χ3n) is 5.98. The van der Waals surface area contributed by atoms with E-state index in [0.29, 0.717) is 19.8 Å². The van der Waals surface area contributed by atoms with Gasteiger partial charge in [0.2, 0.25) is 5.91 Å². The van der Waals surface area contributed by atoms with Gasteiger partial charge in [0.1, 0.15) is 17.5 Å². The van der Waals surface area contributed by atoms with Crippen molar-refractivity contribution >= 4 is 5.91 Å². The first-order valence-electron chi connectivity index (χ1n) is 10.4. The van der Waals surface area contributed by atoms with E-state index in [2.05, 4.69) is 10.9 Å². The summed E-state index contributed by atoms with van der Waals surface area (Å²) >= 11 is 0. The number of phenols is 1. The lowest BCUT2D eigenvalue weighted by molar-refractivity contribution is -0.131. The molecule has 160 valence electrons. The number of phenolic OH excluding ortho intramolecular Hbond substituents is 1. The Hall–Kier alpha value is -2.61. The summed E-state index contributed by atoms with van der Waals surface area (Å²) in [5.74, 6) is 0.946. The zero-order valence-corrected chi connectivity index (χ0v) is 17.6. The standard InChI is InChI=1S/C23H29N3O4/c1-4-30-16-7-5-6-15(13-16)22-19-20(17-12-14(2)8-9-18(17)27)24-25-21(19)23(28)26(22)10-11-29-3/h5-9,12-13,19-22,24-25,27H,4,10-11H2,1-3H3. The first kappa shape index (κ1) is 20.7. The Morgan fingerprint density at radius 2 is 1.93 bits per heavy atom. The second-order valence-corrected chi connectivity index (χ2v) is 7.86. The summed E-state index contributed by atoms with van der Waals surface area (Å²) in [5, 5.41) is 10.6. The molecule has 4 unspecified atom stereocenters. The smallest absolute Gasteiger partial charge is 0.242 e. The van der Waals surface area contributed by atoms with E-state index in [-0.39, 0.29) is 35.7 Å². The van der Waals surface area contributed by atoms with Gasteiger partial charge >= 0.3 is 0 Å². The van der Waals surface area contributed by atoms with Crippen molar-refractivity contribution in [1.29, 1.82) is 0 Å². The summed E-state index contributed by atoms with van der Waals surface area (Å²) in [7, 11) is 1.64. The van der Waals surface area contributed by atoms with Crippen molar-refractivity contribution in [2.45, 2.75) is 32.0 Å². The molecule has 7 heteroatoms. The average Bonchev–Trinajstić information content (AvgIpc) is 3.28. The van der Waals surface area contributed by atoms with Crippen LogP contribution in [0.1, 0.15) is 35.7 Å². The molecule has 0 aromatic heterocycles. The molecule has 2 fully saturated rings. The molecule has 4 rings (SSSR count). The van der Waals surface area contributed by atoms with Crippen molar-refractivity contribution in [1.82, 2.24) is 15.8 Å². The van der Waals surface area contributed by atoms with E-state index in [1.807, 2.05) is 55.1 Å². The normalized spacial score (nSPS) is 25.6. The van der Waals surface area contributed by atoms with Crippen molar-refractivity contribution < 1.29 is 19.4 Å². The first-order chi connectivity index (χ1) is 14.5. The van der Waals surface area contributed by atoms with E-state index < -0.39 is 0 Å². The van der Waals surface area contributed by atoms with Gasteiger partial charge in [-0.1, -0.05) is 29.8 Å². The Morgan fingerprint density at radius 1 is 1.13 bits per heavy atom. The molecular weight excluding hydrogens is 382 g/mol. The first-order valence-corrected chi connectivity index (χ1v) is 10.4. The molecule has 0 aliphatic carbocycles. The van der Waals surface area contributed by atoms with Crippen LogP contribution in [-0.4, -0.2) is 48.8 Å². The van der Waals surface area contributed by atoms with Gasteiger partial charge in [0, 0.05) is 25.1 Å². The molecule has 2 aliphatic rings. The second kappa shape index (κ2) is 8.63. The van der Waals surface area contributed by atoms with Gasteiger partial charge in [0.25, 0.3) is 0 Å². The lowest BCUT2D eigenvalue weighted by Crippen LogP contribution is -2.42. The van der Waals surface area contributed by atoms with Crippen LogP contribution in [0, 0.1) is 12.8 Å². The van der Waals surface area contributed by atoms with E-state index in [0.717, 1.165) is 22.4 Å². The predicted molar refractivity (Wildman–Crippen MR) is 113 cm³/mol. The highest BCUT2D eigenvalue weighted by molar-refractivity contribution is 5.86. The minimum Gasteiger partial charge on any atom is -0.508 e. The van der Waals surface area contributed by atoms with Gasteiger partial charge in [-0.05, 0) is 37.6 Å². The molecule has 30 heavy (non-hydrogen) atoms. The fourth-order valence-corrected chi connectivity index (χ4v) is 4.68. The Kier molecular flexibility index (Phi) is 5.94. The molecule has 2 heterocycles. The van der Waals surface area contributed by atoms with Crippen molar-refractivity contribution in [2.75, 3.05) is 26.9 Å². The number of hydrazine groups is 1. The van der Waals surface area contributed by atoms with Crippen molar-refractivity contribution in [3.05, 3.63) is 59.2 Å². The minimum absolute atomic E-state index is 0.0333. The van der Waals surface area contributed by atoms with Gasteiger partial charge in [-0.25, -0.2) is 10.9 Å². The van der Waals surface area contributed by atoms with Gasteiger partial charge < -0.3 is 19.5 Å². The SMILES string of the molecule is CCOc1cccc(C2C3C(NNC3c3cc(C)ccc3O)C(=O)N2CCOC)c1. The number of aromatic hydroxyl groups is 1. The van der Waals surface area contributed by atoms with Crippen molar-refractivity contribution in [2.24, 2.45) is 5.92 Å². The minimum atomic E-state index is -0.382. The predicted octanol–water partition coefficient (Wildman–Crippen LogP) is 2.46. The van der Waals surface area contributed by atoms with E-state index in [1.165, 1.54) is 0 Å². The average molecular weight is 412 g/mol. The molecule has 0 radical (unpaired) electrons. The maximum Gasteiger partial charge on any atom is 0.242 e. The number of rotatable bonds is 7. The fourth-order valence-electron chi connectivity index (χ4n) is 4.68. The van der Waals surface area contributed by atoms with E-state index >= 15 is 0 Å². The number of amides is 1. The topological polar surface area (TPSA) is 83.1 Å². The summed E-state index contributed by atoms with van der Waals surface area (Å²) in [6.45, 7) is 5.49. The lowest BCUT2D eigenvalue weighted by Gasteiger charge is -2.31. The number of nitrogens with zero attached hydrogens (tertiary/aromatic N) is 1. The molecule has 2 aromatic carbocycles. The number of benzene rings is 2. The zero-order chi connectivity index (χ0) is 21.3. The maximum atomic E-state index is 13.3. The van der Waals surface area contributed by atoms with Crippen LogP contribution in [0.15, 0.2) is 42.5 Å². The second-order valence-electron chi connectivity index (χ2n) is 7.86. The van der Waals surface area contributed by atoms with Crippen LogP contribution in [0.25, 0.3) is 0 Å². The lowest BCUT2D eigenvalue weighted by atomic mass is 9.82. The monoisotopic (exact) mass is 411 g/mol. The van der Waals surface area contributed by atoms with Crippen molar-refractivity contribution in [3.8, 4) is 11.5 Å². The third-order valence-corrected chi connectivity index (χ3v) is 5.98. The quantitative estimate of drug-likeness (QED) is 0.649. The number of likely N-dealkylation sites (tertiary alicyclic amines) is 1. The highest BCUT2D eigenvalue weighted by Gasteiger charge is 2.55. The summed E-state index contributed by atoms with van der Waals surface area (Å²) in [5.41, 5.74) is 9.32. The molecule has 2 aliphatic heterocycles. The summed E-state index contributed by atoms with van der Waals surface area (Å²) in [6.07, 6.45) is 0. The van der Waals surface area contributed by atoms with Crippen LogP contribution >= 0.6 is 0 Å². The van der Waals surface area contributed by atoms with Gasteiger partial charge in [-0.2, -0.15) is 0 Å². The van der Waals surface area contributed by atoms with Crippen LogP contribution in [-0.2, 0) is 9.53 Å². The summed E-state index contributed by atoms with van der Waals surface area (Å²) < 4.78 is 11.0. The molecular formula is C23H29N3O4. The Morgan fingerprint density at radius 3 is 2.70 bits per heavy atom. The van der Waals surface area contributed by atoms with Crippen LogP contribution in [0.3, 0.4) is 0 Å². The molecule has 7 nitrogen and oxygen atoms in total. The summed E-state index contributed by atoms with van der Waals surface area (Å²) in [4.78, 5) is 15.2. The third kappa shape index (κ3) is 3.64. The molecule has 2 saturated heterocycles. The van der Waals surface area contributed by atoms with Crippen LogP contribution in [0.4, 0.5) is 0 Å². The molecule has 1 amide bonds. The number of hydrogen-bond acceptors (Lipinski definition) is 6. The number of carbonyl (C=O) groups excluding carboxylic acids is 1. The molecule has 0 saturated carbocycles. The fraction of sp³-hybridized carbons (Fsp3) is 0.435. The number of fused-ring (bicyclic) bond motifs is 1. The largest absolute Gasteiger partial charge is 0.508 e. The zero-order valence-electron chi connectivity index (χ0n) is 17.6. The number of nitrogens with one attached hydrogen (secondary N) is 2. The summed E-state index contributed by atoms with van der Waals surface area (Å²) in [6, 6.07) is 12.7. The van der Waals surface area contributed by atoms with Crippen molar-refractivity contribution in [3.63, 3.8) is 0 Å². The maximum absolute atomic E-state index is 13.3. The Labute approximate surface area is 177 Å². The number of carbonyl (C=O) groups is 1. The highest BCUT2D eigenvalue weighted by atomic mass is 16.5. The van der Waals surface area contributed by atoms with E-state index in [9.17, 15) is 9.90 Å². The molecule has 0 bridgehead atoms. The van der Waals surface area contributed by atoms with Crippen LogP contribution in [0.2, 0.25) is 0 Å². The number of hydrogen-bond donors (Lipinski definition) is 3. The Bertz CT molecular complexity index is 919. The number of aryl methyl sites for hydroxylation is 1. The highest BCUT2D eigenvalue weighted by Crippen LogP contribution is 2.48. The molecule has 0 spiro atoms. The van der Waals surface area contributed by atoms with Gasteiger partial charge in [-0.15, -0.1) is 0 Å². The Balaban J connectivity index is 1.77. The van der Waals surface area contributed by atoms with Crippen LogP contribution in [0.5, 0.6) is 11.5 Å². The van der Waals surface area contributed by atoms with Gasteiger partial charge in [0.15, 0.2) is 0 Å². The number of ether oxygens (including phenoxy) is 2. The number of methoxy groups -OCH3 is 1. The van der Waals surface area contributed by atoms with Crippen LogP contribution < -0.4 is 15.6 Å².